The number of aliphatic hydroxyl groups excluding tert-OH is 2. The highest BCUT2D eigenvalue weighted by Gasteiger charge is 2.44. The molecule has 118 valence electrons. The lowest BCUT2D eigenvalue weighted by Gasteiger charge is -2.30. The van der Waals surface area contributed by atoms with Crippen LogP contribution in [0.25, 0.3) is 0 Å². The van der Waals surface area contributed by atoms with Crippen LogP contribution in [0, 0.1) is 0 Å². The van der Waals surface area contributed by atoms with Crippen molar-refractivity contribution in [2.45, 2.75) is 24.5 Å². The minimum Gasteiger partial charge on any atom is -0.790 e. The fourth-order valence-corrected chi connectivity index (χ4v) is 2.22. The van der Waals surface area contributed by atoms with Gasteiger partial charge >= 0.3 is 5.69 Å². The van der Waals surface area contributed by atoms with Crippen LogP contribution in [0.4, 0.5) is 0 Å². The molecule has 1 aliphatic heterocycles. The Labute approximate surface area is 116 Å². The number of ether oxygens (including phenoxy) is 1. The van der Waals surface area contributed by atoms with Gasteiger partial charge in [0.2, 0.25) is 0 Å². The molecule has 1 fully saturated rings. The van der Waals surface area contributed by atoms with Gasteiger partial charge in [-0.1, -0.05) is 0 Å². The average molecular weight is 322 g/mol. The Morgan fingerprint density at radius 3 is 2.62 bits per heavy atom. The Morgan fingerprint density at radius 2 is 2.05 bits per heavy atom. The number of hydrogen-bond donors (Lipinski definition) is 3. The molecule has 0 unspecified atom stereocenters. The predicted molar refractivity (Wildman–Crippen MR) is 60.8 cm³/mol. The van der Waals surface area contributed by atoms with Crippen molar-refractivity contribution in [2.75, 3.05) is 6.61 Å². The van der Waals surface area contributed by atoms with Crippen molar-refractivity contribution in [1.82, 2.24) is 9.55 Å². The van der Waals surface area contributed by atoms with Gasteiger partial charge in [0.25, 0.3) is 5.56 Å². The van der Waals surface area contributed by atoms with E-state index in [9.17, 15) is 34.2 Å². The minimum atomic E-state index is -5.26. The second-order valence-electron chi connectivity index (χ2n) is 4.31. The molecule has 0 bridgehead atoms. The van der Waals surface area contributed by atoms with Crippen LogP contribution < -0.4 is 21.0 Å². The molecular weight excluding hydrogens is 311 g/mol. The van der Waals surface area contributed by atoms with Crippen LogP contribution in [-0.2, 0) is 13.8 Å². The molecule has 1 aromatic heterocycles. The van der Waals surface area contributed by atoms with E-state index >= 15 is 0 Å². The number of aliphatic hydroxyl groups is 2. The molecule has 0 aromatic carbocycles. The van der Waals surface area contributed by atoms with Gasteiger partial charge in [-0.05, 0) is 0 Å². The third-order valence-electron chi connectivity index (χ3n) is 2.86. The van der Waals surface area contributed by atoms with Crippen LogP contribution >= 0.6 is 7.82 Å². The first-order chi connectivity index (χ1) is 9.69. The molecule has 12 heteroatoms. The van der Waals surface area contributed by atoms with Crippen LogP contribution in [0.5, 0.6) is 0 Å². The summed E-state index contributed by atoms with van der Waals surface area (Å²) in [6, 6.07) is 0.997. The van der Waals surface area contributed by atoms with Gasteiger partial charge in [-0.2, -0.15) is 0 Å². The van der Waals surface area contributed by atoms with Crippen molar-refractivity contribution in [1.29, 1.82) is 0 Å². The van der Waals surface area contributed by atoms with Crippen molar-refractivity contribution in [3.05, 3.63) is 33.1 Å². The summed E-state index contributed by atoms with van der Waals surface area (Å²) < 4.78 is 20.3. The summed E-state index contributed by atoms with van der Waals surface area (Å²) in [5.74, 6) is 0. The number of nitrogens with one attached hydrogen (secondary N) is 1. The number of hydrogen-bond acceptors (Lipinski definition) is 9. The molecule has 3 N–H and O–H groups in total. The van der Waals surface area contributed by atoms with E-state index in [1.165, 1.54) is 0 Å². The summed E-state index contributed by atoms with van der Waals surface area (Å²) in [4.78, 5) is 45.2. The van der Waals surface area contributed by atoms with Gasteiger partial charge in [0.1, 0.15) is 18.3 Å². The zero-order valence-electron chi connectivity index (χ0n) is 10.3. The number of aromatic nitrogens is 2. The number of aromatic amines is 1. The normalized spacial score (nSPS) is 29.7. The molecule has 0 amide bonds. The van der Waals surface area contributed by atoms with E-state index in [2.05, 4.69) is 4.52 Å². The summed E-state index contributed by atoms with van der Waals surface area (Å²) in [6.07, 6.45) is -4.83. The molecule has 1 aliphatic rings. The van der Waals surface area contributed by atoms with E-state index in [0.29, 0.717) is 0 Å². The number of rotatable bonds is 4. The molecule has 0 spiro atoms. The second kappa shape index (κ2) is 5.81. The molecule has 2 heterocycles. The highest BCUT2D eigenvalue weighted by molar-refractivity contribution is 7.43. The standard InChI is InChI=1S/C9H13N2O9P/c12-5-1-2-11(9(15)10-5)8-7(14)6(13)4(20-8)3-19-21(16,17)18/h1-2,4,6-8,13-14H,3H2,(H,10,12,15)(H2,16,17,18)/p-2/t4-,6-,7+,8-/m1/s1. The third-order valence-corrected chi connectivity index (χ3v) is 3.32. The maximum absolute atomic E-state index is 11.6. The summed E-state index contributed by atoms with van der Waals surface area (Å²) in [5, 5.41) is 19.5. The largest absolute Gasteiger partial charge is 0.790 e. The maximum atomic E-state index is 11.6. The Hall–Kier alpha value is -1.33. The van der Waals surface area contributed by atoms with Crippen molar-refractivity contribution in [2.24, 2.45) is 0 Å². The quantitative estimate of drug-likeness (QED) is 0.466. The van der Waals surface area contributed by atoms with Crippen LogP contribution in [0.15, 0.2) is 21.9 Å². The number of phosphoric ester groups is 1. The van der Waals surface area contributed by atoms with Gasteiger partial charge in [0.05, 0.1) is 14.4 Å². The van der Waals surface area contributed by atoms with E-state index in [1.54, 1.807) is 0 Å². The van der Waals surface area contributed by atoms with Crippen molar-refractivity contribution in [3.8, 4) is 0 Å². The van der Waals surface area contributed by atoms with E-state index in [4.69, 9.17) is 4.74 Å². The monoisotopic (exact) mass is 322 g/mol. The van der Waals surface area contributed by atoms with Gasteiger partial charge in [-0.3, -0.25) is 14.3 Å². The summed E-state index contributed by atoms with van der Waals surface area (Å²) in [5.41, 5.74) is -1.55. The maximum Gasteiger partial charge on any atom is 0.330 e. The third kappa shape index (κ3) is 3.66. The van der Waals surface area contributed by atoms with Crippen molar-refractivity contribution in [3.63, 3.8) is 0 Å². The zero-order chi connectivity index (χ0) is 15.8. The molecule has 4 atom stereocenters. The Morgan fingerprint density at radius 1 is 1.38 bits per heavy atom. The van der Waals surface area contributed by atoms with E-state index in [1.807, 2.05) is 4.98 Å². The summed E-state index contributed by atoms with van der Waals surface area (Å²) >= 11 is 0. The molecule has 1 aromatic rings. The molecule has 0 aliphatic carbocycles. The molecule has 21 heavy (non-hydrogen) atoms. The van der Waals surface area contributed by atoms with Gasteiger partial charge in [-0.15, -0.1) is 0 Å². The highest BCUT2D eigenvalue weighted by Crippen LogP contribution is 2.32. The van der Waals surface area contributed by atoms with E-state index in [0.717, 1.165) is 16.8 Å². The smallest absolute Gasteiger partial charge is 0.330 e. The Balaban J connectivity index is 2.18. The molecule has 1 saturated heterocycles. The lowest BCUT2D eigenvalue weighted by molar-refractivity contribution is -0.343. The topological polar surface area (TPSA) is 177 Å². The zero-order valence-corrected chi connectivity index (χ0v) is 11.2. The lowest BCUT2D eigenvalue weighted by atomic mass is 10.1. The number of phosphoric acid groups is 1. The average Bonchev–Trinajstić information content (AvgIpc) is 2.64. The number of H-pyrrole nitrogens is 1. The molecule has 0 saturated carbocycles. The van der Waals surface area contributed by atoms with Crippen LogP contribution in [0.2, 0.25) is 0 Å². The molecule has 0 radical (unpaired) electrons. The predicted octanol–water partition coefficient (Wildman–Crippen LogP) is -4.00. The van der Waals surface area contributed by atoms with Gasteiger partial charge in [0.15, 0.2) is 6.23 Å². The first-order valence-corrected chi connectivity index (χ1v) is 7.15. The Kier molecular flexibility index (Phi) is 4.44. The number of nitrogens with zero attached hydrogens (tertiary/aromatic N) is 1. The Bertz CT molecular complexity index is 664. The fraction of sp³-hybridized carbons (Fsp3) is 0.556. The van der Waals surface area contributed by atoms with Crippen molar-refractivity contribution < 1.29 is 33.8 Å². The van der Waals surface area contributed by atoms with Crippen LogP contribution in [0.1, 0.15) is 6.23 Å². The van der Waals surface area contributed by atoms with Crippen LogP contribution in [-0.4, -0.2) is 44.7 Å². The molecule has 11 nitrogen and oxygen atoms in total. The van der Waals surface area contributed by atoms with Gasteiger partial charge in [0, 0.05) is 12.3 Å². The SMILES string of the molecule is O=c1ccn([C@@H]2O[C@H](COP(=O)([O-])[O-])[C@@H](O)[C@@H]2O)c(=O)[nH]1. The first-order valence-electron chi connectivity index (χ1n) is 5.69. The second-order valence-corrected chi connectivity index (χ2v) is 5.46. The lowest BCUT2D eigenvalue weighted by Crippen LogP contribution is -2.37. The van der Waals surface area contributed by atoms with Gasteiger partial charge < -0.3 is 33.8 Å². The van der Waals surface area contributed by atoms with Crippen LogP contribution in [0.3, 0.4) is 0 Å². The molecular formula is C9H11N2O9P-2. The van der Waals surface area contributed by atoms with Gasteiger partial charge in [-0.25, -0.2) is 4.79 Å². The summed E-state index contributed by atoms with van der Waals surface area (Å²) in [6.45, 7) is -0.808. The highest BCUT2D eigenvalue weighted by atomic mass is 31.2. The first kappa shape index (κ1) is 16.0. The van der Waals surface area contributed by atoms with E-state index in [-0.39, 0.29) is 0 Å². The fourth-order valence-electron chi connectivity index (χ4n) is 1.89. The summed E-state index contributed by atoms with van der Waals surface area (Å²) in [7, 11) is -5.26. The van der Waals surface area contributed by atoms with Crippen molar-refractivity contribution >= 4 is 7.82 Å². The minimum absolute atomic E-state index is 0.664. The van der Waals surface area contributed by atoms with E-state index < -0.39 is 50.2 Å². The molecule has 2 rings (SSSR count).